The molecular formula is C46H69N5O4. The average Bonchev–Trinajstić information content (AvgIpc) is 3.68. The van der Waals surface area contributed by atoms with Crippen molar-refractivity contribution >= 4 is 0 Å². The van der Waals surface area contributed by atoms with Gasteiger partial charge >= 0.3 is 5.76 Å². The highest BCUT2D eigenvalue weighted by Crippen LogP contribution is 2.30. The Morgan fingerprint density at radius 2 is 1.40 bits per heavy atom. The predicted molar refractivity (Wildman–Crippen MR) is 234 cm³/mol. The van der Waals surface area contributed by atoms with E-state index >= 15 is 0 Å². The highest BCUT2D eigenvalue weighted by Gasteiger charge is 2.23. The fourth-order valence-electron chi connectivity index (χ4n) is 5.43. The molecule has 55 heavy (non-hydrogen) atoms. The van der Waals surface area contributed by atoms with Crippen LogP contribution in [-0.4, -0.2) is 50.3 Å². The largest absolute Gasteiger partial charge is 0.492 e. The molecule has 3 aromatic carbocycles. The van der Waals surface area contributed by atoms with Gasteiger partial charge in [0.25, 0.3) is 5.56 Å². The van der Waals surface area contributed by atoms with Crippen LogP contribution in [0.4, 0.5) is 0 Å². The normalized spacial score (nSPS) is 10.1. The fourth-order valence-corrected chi connectivity index (χ4v) is 5.43. The third-order valence-corrected chi connectivity index (χ3v) is 8.38. The number of H-pyrrole nitrogens is 1. The predicted octanol–water partition coefficient (Wildman–Crippen LogP) is 11.1. The third kappa shape index (κ3) is 14.0. The van der Waals surface area contributed by atoms with Crippen LogP contribution in [0.5, 0.6) is 5.75 Å². The van der Waals surface area contributed by atoms with Crippen LogP contribution in [0.1, 0.15) is 112 Å². The molecule has 0 spiro atoms. The van der Waals surface area contributed by atoms with Crippen molar-refractivity contribution in [1.82, 2.24) is 24.6 Å². The van der Waals surface area contributed by atoms with Crippen molar-refractivity contribution in [2.75, 3.05) is 20.2 Å². The van der Waals surface area contributed by atoms with Crippen molar-refractivity contribution in [3.8, 4) is 34.0 Å². The number of ether oxygens (including phenoxy) is 1. The maximum Gasteiger partial charge on any atom is 0.439 e. The molecule has 0 radical (unpaired) electrons. The zero-order valence-corrected chi connectivity index (χ0v) is 36.3. The van der Waals surface area contributed by atoms with Gasteiger partial charge in [0.05, 0.1) is 11.4 Å². The number of hydrogen-bond donors (Lipinski definition) is 1. The highest BCUT2D eigenvalue weighted by atomic mass is 16.5. The minimum absolute atomic E-state index is 0.0604. The smallest absolute Gasteiger partial charge is 0.439 e. The van der Waals surface area contributed by atoms with E-state index in [0.717, 1.165) is 58.8 Å². The molecule has 0 atom stereocenters. The van der Waals surface area contributed by atoms with E-state index in [1.165, 1.54) is 0 Å². The lowest BCUT2D eigenvalue weighted by Crippen LogP contribution is -2.45. The topological polar surface area (TPSA) is 106 Å². The second-order valence-electron chi connectivity index (χ2n) is 11.9. The Kier molecular flexibility index (Phi) is 24.3. The standard InChI is InChI=1S/C36H41N5O4.4C2H6.C2H4/c1-7-11-32-31(22-25-14-16-26(17-15-25)29-12-9-10-13-30(29)33-38-35(43)45-39-33)34(42)41(24(3)37-32)27-18-20-28(21-19-27)44-23-36(4,5)40(6)8-2;5*1-2/h9-10,12-21H,7-8,11,22-23H2,1-6H3,(H,38,39,43);4*1-2H3;1-2H2. The first-order valence-corrected chi connectivity index (χ1v) is 19.9. The number of hydrogen-bond acceptors (Lipinski definition) is 7. The molecule has 2 heterocycles. The van der Waals surface area contributed by atoms with Gasteiger partial charge in [0.1, 0.15) is 18.2 Å². The molecule has 0 saturated carbocycles. The van der Waals surface area contributed by atoms with Crippen molar-refractivity contribution in [2.24, 2.45) is 0 Å². The molecule has 1 N–H and O–H groups in total. The second-order valence-corrected chi connectivity index (χ2v) is 11.9. The number of benzene rings is 3. The molecule has 2 aromatic heterocycles. The number of rotatable bonds is 12. The molecule has 5 rings (SSSR count). The quantitative estimate of drug-likeness (QED) is 0.126. The van der Waals surface area contributed by atoms with Gasteiger partial charge in [-0.15, -0.1) is 13.2 Å². The molecule has 0 aliphatic heterocycles. The van der Waals surface area contributed by atoms with Crippen LogP contribution in [0.2, 0.25) is 0 Å². The molecule has 9 heteroatoms. The fraction of sp³-hybridized carbons (Fsp3) is 0.435. The molecule has 9 nitrogen and oxygen atoms in total. The van der Waals surface area contributed by atoms with Gasteiger partial charge in [0, 0.05) is 23.1 Å². The Bertz CT molecular complexity index is 1890. The molecule has 302 valence electrons. The molecule has 0 unspecified atom stereocenters. The zero-order valence-electron chi connectivity index (χ0n) is 36.3. The maximum atomic E-state index is 14.1. The summed E-state index contributed by atoms with van der Waals surface area (Å²) in [6.45, 7) is 33.9. The number of aryl methyl sites for hydroxylation is 2. The summed E-state index contributed by atoms with van der Waals surface area (Å²) in [7, 11) is 2.09. The van der Waals surface area contributed by atoms with Crippen LogP contribution >= 0.6 is 0 Å². The summed E-state index contributed by atoms with van der Waals surface area (Å²) in [6.07, 6.45) is 2.07. The molecule has 0 fully saturated rings. The minimum atomic E-state index is -0.598. The molecule has 0 aliphatic carbocycles. The van der Waals surface area contributed by atoms with Crippen molar-refractivity contribution < 1.29 is 9.26 Å². The zero-order chi connectivity index (χ0) is 42.1. The van der Waals surface area contributed by atoms with E-state index in [2.05, 4.69) is 62.9 Å². The summed E-state index contributed by atoms with van der Waals surface area (Å²) in [5.41, 5.74) is 5.75. The molecule has 5 aromatic rings. The van der Waals surface area contributed by atoms with E-state index in [4.69, 9.17) is 14.2 Å². The molecule has 0 saturated heterocycles. The van der Waals surface area contributed by atoms with Gasteiger partial charge in [-0.25, -0.2) is 9.78 Å². The summed E-state index contributed by atoms with van der Waals surface area (Å²) >= 11 is 0. The number of nitrogens with zero attached hydrogens (tertiary/aromatic N) is 4. The first kappa shape index (κ1) is 50.0. The number of likely N-dealkylation sites (N-methyl/N-ethyl adjacent to an activating group) is 1. The van der Waals surface area contributed by atoms with E-state index in [9.17, 15) is 9.59 Å². The summed E-state index contributed by atoms with van der Waals surface area (Å²) in [5.74, 6) is 1.20. The highest BCUT2D eigenvalue weighted by molar-refractivity contribution is 5.80. The van der Waals surface area contributed by atoms with Crippen molar-refractivity contribution in [3.63, 3.8) is 0 Å². The Morgan fingerprint density at radius 3 is 1.91 bits per heavy atom. The van der Waals surface area contributed by atoms with Gasteiger partial charge < -0.3 is 4.74 Å². The van der Waals surface area contributed by atoms with Gasteiger partial charge in [0.15, 0.2) is 5.82 Å². The van der Waals surface area contributed by atoms with Gasteiger partial charge in [-0.05, 0) is 81.7 Å². The summed E-state index contributed by atoms with van der Waals surface area (Å²) in [5, 5.41) is 3.86. The third-order valence-electron chi connectivity index (χ3n) is 8.38. The van der Waals surface area contributed by atoms with Crippen molar-refractivity contribution in [2.45, 2.75) is 115 Å². The first-order chi connectivity index (χ1) is 26.6. The van der Waals surface area contributed by atoms with Gasteiger partial charge in [-0.3, -0.25) is 23.8 Å². The number of aromatic nitrogens is 4. The minimum Gasteiger partial charge on any atom is -0.492 e. The van der Waals surface area contributed by atoms with Crippen LogP contribution in [0.15, 0.2) is 100 Å². The van der Waals surface area contributed by atoms with Gasteiger partial charge in [-0.1, -0.05) is 129 Å². The Labute approximate surface area is 331 Å². The lowest BCUT2D eigenvalue weighted by atomic mass is 9.96. The SMILES string of the molecule is C=C.CC.CC.CC.CC.CCCc1nc(C)n(-c2ccc(OCC(C)(C)N(C)CC)cc2)c(=O)c1Cc1ccc(-c2ccccc2-c2noc(=O)[nH]2)cc1. The molecule has 0 amide bonds. The van der Waals surface area contributed by atoms with E-state index < -0.39 is 5.76 Å². The monoisotopic (exact) mass is 756 g/mol. The van der Waals surface area contributed by atoms with Crippen LogP contribution in [0.25, 0.3) is 28.2 Å². The Morgan fingerprint density at radius 1 is 0.836 bits per heavy atom. The van der Waals surface area contributed by atoms with Crippen molar-refractivity contribution in [3.05, 3.63) is 130 Å². The second kappa shape index (κ2) is 26.7. The lowest BCUT2D eigenvalue weighted by Gasteiger charge is -2.34. The van der Waals surface area contributed by atoms with Crippen LogP contribution in [0.3, 0.4) is 0 Å². The summed E-state index contributed by atoms with van der Waals surface area (Å²) in [4.78, 5) is 35.4. The van der Waals surface area contributed by atoms with Crippen molar-refractivity contribution in [1.29, 1.82) is 0 Å². The average molecular weight is 756 g/mol. The van der Waals surface area contributed by atoms with E-state index in [1.54, 1.807) is 4.57 Å². The van der Waals surface area contributed by atoms with Crippen LogP contribution in [-0.2, 0) is 12.8 Å². The molecule has 0 bridgehead atoms. The summed E-state index contributed by atoms with van der Waals surface area (Å²) < 4.78 is 12.5. The van der Waals surface area contributed by atoms with Gasteiger partial charge in [0.2, 0.25) is 0 Å². The van der Waals surface area contributed by atoms with E-state index in [-0.39, 0.29) is 11.1 Å². The van der Waals surface area contributed by atoms with Gasteiger partial charge in [-0.2, -0.15) is 0 Å². The number of nitrogens with one attached hydrogen (secondary N) is 1. The van der Waals surface area contributed by atoms with E-state index in [1.807, 2.05) is 135 Å². The van der Waals surface area contributed by atoms with Crippen LogP contribution < -0.4 is 16.1 Å². The van der Waals surface area contributed by atoms with E-state index in [0.29, 0.717) is 30.2 Å². The van der Waals surface area contributed by atoms with Crippen LogP contribution in [0, 0.1) is 6.92 Å². The Hall–Kier alpha value is -5.02. The molecule has 0 aliphatic rings. The Balaban J connectivity index is 0.00000270. The maximum absolute atomic E-state index is 14.1. The molecular weight excluding hydrogens is 687 g/mol. The summed E-state index contributed by atoms with van der Waals surface area (Å²) in [6, 6.07) is 23.4. The lowest BCUT2D eigenvalue weighted by molar-refractivity contribution is 0.0958. The first-order valence-electron chi connectivity index (χ1n) is 19.9. The number of aromatic amines is 1.